The first-order chi connectivity index (χ1) is 8.17. The number of carbonyl (C=O) groups is 1. The Morgan fingerprint density at radius 1 is 1.59 bits per heavy atom. The molecule has 1 aromatic heterocycles. The molecule has 0 fully saturated rings. The molecule has 0 spiro atoms. The largest absolute Gasteiger partial charge is 0.376 e. The second-order valence-electron chi connectivity index (χ2n) is 4.15. The molecule has 3 N–H and O–H groups in total. The topological polar surface area (TPSA) is 64.3 Å². The van der Waals surface area contributed by atoms with Crippen LogP contribution < -0.4 is 11.3 Å². The highest BCUT2D eigenvalue weighted by atomic mass is 32.1. The van der Waals surface area contributed by atoms with Crippen LogP contribution in [0.5, 0.6) is 0 Å². The molecular formula is C12H20N2O2S. The highest BCUT2D eigenvalue weighted by Crippen LogP contribution is 2.17. The van der Waals surface area contributed by atoms with Gasteiger partial charge < -0.3 is 4.74 Å². The Kier molecular flexibility index (Phi) is 6.18. The number of nitrogen functional groups attached to an aromatic ring is 1. The van der Waals surface area contributed by atoms with Crippen molar-refractivity contribution in [1.29, 1.82) is 0 Å². The number of hydrogen-bond donors (Lipinski definition) is 2. The highest BCUT2D eigenvalue weighted by molar-refractivity contribution is 7.14. The van der Waals surface area contributed by atoms with E-state index in [2.05, 4.69) is 19.3 Å². The quantitative estimate of drug-likeness (QED) is 0.447. The Morgan fingerprint density at radius 3 is 3.00 bits per heavy atom. The van der Waals surface area contributed by atoms with E-state index in [-0.39, 0.29) is 5.91 Å². The zero-order chi connectivity index (χ0) is 12.7. The van der Waals surface area contributed by atoms with Crippen LogP contribution in [-0.2, 0) is 11.3 Å². The van der Waals surface area contributed by atoms with Crippen LogP contribution in [0.15, 0.2) is 12.1 Å². The predicted octanol–water partition coefficient (Wildman–Crippen LogP) is 2.30. The second-order valence-corrected chi connectivity index (χ2v) is 5.32. The van der Waals surface area contributed by atoms with Gasteiger partial charge in [-0.1, -0.05) is 20.3 Å². The van der Waals surface area contributed by atoms with Crippen LogP contribution in [0.1, 0.15) is 41.2 Å². The van der Waals surface area contributed by atoms with Gasteiger partial charge in [0.2, 0.25) is 0 Å². The summed E-state index contributed by atoms with van der Waals surface area (Å²) >= 11 is 1.41. The molecule has 0 aliphatic heterocycles. The van der Waals surface area contributed by atoms with E-state index in [0.29, 0.717) is 17.4 Å². The number of rotatable bonds is 7. The number of amides is 1. The molecule has 0 radical (unpaired) electrons. The van der Waals surface area contributed by atoms with E-state index in [1.165, 1.54) is 24.2 Å². The Morgan fingerprint density at radius 2 is 2.35 bits per heavy atom. The fourth-order valence-corrected chi connectivity index (χ4v) is 2.43. The molecule has 96 valence electrons. The molecule has 1 atom stereocenters. The lowest BCUT2D eigenvalue weighted by Crippen LogP contribution is -2.29. The van der Waals surface area contributed by atoms with E-state index >= 15 is 0 Å². The first-order valence-electron chi connectivity index (χ1n) is 5.84. The molecule has 0 aliphatic carbocycles. The van der Waals surface area contributed by atoms with Gasteiger partial charge in [-0.05, 0) is 24.5 Å². The summed E-state index contributed by atoms with van der Waals surface area (Å²) in [5.41, 5.74) is 2.12. The minimum absolute atomic E-state index is 0.249. The molecule has 5 heteroatoms. The molecule has 17 heavy (non-hydrogen) atoms. The normalized spacial score (nSPS) is 12.4. The van der Waals surface area contributed by atoms with E-state index in [9.17, 15) is 4.79 Å². The van der Waals surface area contributed by atoms with Crippen molar-refractivity contribution in [3.05, 3.63) is 21.9 Å². The summed E-state index contributed by atoms with van der Waals surface area (Å²) in [6, 6.07) is 3.67. The van der Waals surface area contributed by atoms with E-state index in [1.54, 1.807) is 6.07 Å². The van der Waals surface area contributed by atoms with Crippen molar-refractivity contribution < 1.29 is 9.53 Å². The van der Waals surface area contributed by atoms with Crippen molar-refractivity contribution in [3.63, 3.8) is 0 Å². The molecule has 0 saturated carbocycles. The van der Waals surface area contributed by atoms with Gasteiger partial charge in [0.15, 0.2) is 0 Å². The van der Waals surface area contributed by atoms with Gasteiger partial charge in [-0.15, -0.1) is 11.3 Å². The van der Waals surface area contributed by atoms with Crippen LogP contribution in [0.3, 0.4) is 0 Å². The fraction of sp³-hybridized carbons (Fsp3) is 0.583. The van der Waals surface area contributed by atoms with Crippen molar-refractivity contribution in [3.8, 4) is 0 Å². The second kappa shape index (κ2) is 7.42. The molecule has 0 saturated heterocycles. The Hall–Kier alpha value is -0.910. The number of hydrazine groups is 1. The maximum atomic E-state index is 11.2. The molecule has 0 bridgehead atoms. The summed E-state index contributed by atoms with van der Waals surface area (Å²) in [6.45, 7) is 5.69. The summed E-state index contributed by atoms with van der Waals surface area (Å²) in [7, 11) is 0. The number of thiophene rings is 1. The molecule has 1 amide bonds. The smallest absolute Gasteiger partial charge is 0.275 e. The third kappa shape index (κ3) is 4.85. The summed E-state index contributed by atoms with van der Waals surface area (Å²) in [6.07, 6.45) is 2.37. The van der Waals surface area contributed by atoms with Crippen LogP contribution in [0, 0.1) is 5.92 Å². The van der Waals surface area contributed by atoms with Crippen LogP contribution in [0.25, 0.3) is 0 Å². The number of nitrogens with two attached hydrogens (primary N) is 1. The third-order valence-electron chi connectivity index (χ3n) is 2.44. The van der Waals surface area contributed by atoms with Crippen LogP contribution in [-0.4, -0.2) is 12.5 Å². The molecule has 1 unspecified atom stereocenters. The minimum atomic E-state index is -0.249. The van der Waals surface area contributed by atoms with Gasteiger partial charge in [0, 0.05) is 11.5 Å². The van der Waals surface area contributed by atoms with Crippen LogP contribution >= 0.6 is 11.3 Å². The van der Waals surface area contributed by atoms with Gasteiger partial charge >= 0.3 is 0 Å². The Balaban J connectivity index is 2.32. The maximum absolute atomic E-state index is 11.2. The lowest BCUT2D eigenvalue weighted by molar-refractivity contribution is 0.0911. The summed E-state index contributed by atoms with van der Waals surface area (Å²) in [4.78, 5) is 12.9. The zero-order valence-corrected chi connectivity index (χ0v) is 11.2. The molecule has 4 nitrogen and oxygen atoms in total. The van der Waals surface area contributed by atoms with Gasteiger partial charge in [-0.3, -0.25) is 10.2 Å². The standard InChI is InChI=1S/C12H20N2O2S/c1-3-4-9(2)7-16-8-10-5-6-11(17-10)12(15)14-13/h5-6,9H,3-4,7-8,13H2,1-2H3,(H,14,15). The van der Waals surface area contributed by atoms with Gasteiger partial charge in [-0.25, -0.2) is 5.84 Å². The van der Waals surface area contributed by atoms with Crippen LogP contribution in [0.4, 0.5) is 0 Å². The van der Waals surface area contributed by atoms with E-state index in [4.69, 9.17) is 10.6 Å². The lowest BCUT2D eigenvalue weighted by atomic mass is 10.1. The minimum Gasteiger partial charge on any atom is -0.376 e. The Bertz CT molecular complexity index is 352. The summed E-state index contributed by atoms with van der Waals surface area (Å²) < 4.78 is 5.61. The average Bonchev–Trinajstić information content (AvgIpc) is 2.77. The van der Waals surface area contributed by atoms with E-state index in [0.717, 1.165) is 11.5 Å². The van der Waals surface area contributed by atoms with Crippen molar-refractivity contribution in [2.24, 2.45) is 11.8 Å². The maximum Gasteiger partial charge on any atom is 0.275 e. The van der Waals surface area contributed by atoms with Crippen molar-refractivity contribution in [2.75, 3.05) is 6.61 Å². The third-order valence-corrected chi connectivity index (χ3v) is 3.50. The number of carbonyl (C=O) groups excluding carboxylic acids is 1. The zero-order valence-electron chi connectivity index (χ0n) is 10.4. The SMILES string of the molecule is CCCC(C)COCc1ccc(C(=O)NN)s1. The van der Waals surface area contributed by atoms with Gasteiger partial charge in [0.05, 0.1) is 11.5 Å². The molecule has 0 aromatic carbocycles. The summed E-state index contributed by atoms with van der Waals surface area (Å²) in [5, 5.41) is 0. The molecular weight excluding hydrogens is 236 g/mol. The molecule has 0 aliphatic rings. The predicted molar refractivity (Wildman–Crippen MR) is 69.7 cm³/mol. The van der Waals surface area contributed by atoms with E-state index in [1.807, 2.05) is 6.07 Å². The van der Waals surface area contributed by atoms with Gasteiger partial charge in [-0.2, -0.15) is 0 Å². The summed E-state index contributed by atoms with van der Waals surface area (Å²) in [5.74, 6) is 5.40. The first kappa shape index (κ1) is 14.2. The lowest BCUT2D eigenvalue weighted by Gasteiger charge is -2.09. The van der Waals surface area contributed by atoms with Crippen molar-refractivity contribution in [2.45, 2.75) is 33.3 Å². The number of nitrogens with one attached hydrogen (secondary N) is 1. The average molecular weight is 256 g/mol. The van der Waals surface area contributed by atoms with Crippen molar-refractivity contribution >= 4 is 17.2 Å². The first-order valence-corrected chi connectivity index (χ1v) is 6.66. The fourth-order valence-electron chi connectivity index (χ4n) is 1.59. The number of ether oxygens (including phenoxy) is 1. The van der Waals surface area contributed by atoms with Crippen molar-refractivity contribution in [1.82, 2.24) is 5.43 Å². The number of hydrogen-bond acceptors (Lipinski definition) is 4. The highest BCUT2D eigenvalue weighted by Gasteiger charge is 2.08. The molecule has 1 rings (SSSR count). The van der Waals surface area contributed by atoms with Gasteiger partial charge in [0.1, 0.15) is 0 Å². The van der Waals surface area contributed by atoms with E-state index < -0.39 is 0 Å². The van der Waals surface area contributed by atoms with Gasteiger partial charge in [0.25, 0.3) is 5.91 Å². The molecule has 1 aromatic rings. The molecule has 1 heterocycles. The van der Waals surface area contributed by atoms with Crippen LogP contribution in [0.2, 0.25) is 0 Å². The Labute approximate surface area is 106 Å². The monoisotopic (exact) mass is 256 g/mol.